The van der Waals surface area contributed by atoms with Crippen LogP contribution < -0.4 is 0 Å². The van der Waals surface area contributed by atoms with Crippen LogP contribution in [0, 0.1) is 11.8 Å². The van der Waals surface area contributed by atoms with Gasteiger partial charge in [0, 0.05) is 0 Å². The summed E-state index contributed by atoms with van der Waals surface area (Å²) in [4.78, 5) is 0. The molecule has 0 heterocycles. The summed E-state index contributed by atoms with van der Waals surface area (Å²) in [6, 6.07) is 42.1. The Morgan fingerprint density at radius 1 is 0.432 bits per heavy atom. The van der Waals surface area contributed by atoms with Crippen LogP contribution in [0.15, 0.2) is 109 Å². The SMILES string of the molecule is CC(C)C1CC(Cc2cccc3cccc(CC4CC(C(C)C)c5cccc6cccc4c56)c23)c2cccc3cccc1c23. The average Bonchev–Trinajstić information content (AvgIpc) is 3.03. The molecule has 0 amide bonds. The number of benzene rings is 6. The predicted octanol–water partition coefficient (Wildman–Crippen LogP) is 12.1. The highest BCUT2D eigenvalue weighted by molar-refractivity contribution is 5.93. The fourth-order valence-corrected chi connectivity index (χ4v) is 9.24. The minimum atomic E-state index is 0.528. The zero-order valence-corrected chi connectivity index (χ0v) is 26.7. The van der Waals surface area contributed by atoms with Crippen molar-refractivity contribution in [3.63, 3.8) is 0 Å². The van der Waals surface area contributed by atoms with Gasteiger partial charge in [0.25, 0.3) is 0 Å². The van der Waals surface area contributed by atoms with Crippen molar-refractivity contribution in [1.82, 2.24) is 0 Å². The van der Waals surface area contributed by atoms with Crippen molar-refractivity contribution >= 4 is 32.3 Å². The third-order valence-electron chi connectivity index (χ3n) is 11.3. The lowest BCUT2D eigenvalue weighted by Crippen LogP contribution is -2.20. The van der Waals surface area contributed by atoms with E-state index in [2.05, 4.69) is 137 Å². The molecule has 0 saturated heterocycles. The molecule has 4 unspecified atom stereocenters. The summed E-state index contributed by atoms with van der Waals surface area (Å²) in [7, 11) is 0. The molecule has 0 saturated carbocycles. The van der Waals surface area contributed by atoms with Crippen LogP contribution in [0.25, 0.3) is 32.3 Å². The predicted molar refractivity (Wildman–Crippen MR) is 189 cm³/mol. The Kier molecular flexibility index (Phi) is 6.86. The molecule has 2 aliphatic rings. The molecule has 0 radical (unpaired) electrons. The quantitative estimate of drug-likeness (QED) is 0.186. The Labute approximate surface area is 263 Å². The maximum atomic E-state index is 2.44. The second-order valence-electron chi connectivity index (χ2n) is 14.5. The first-order valence-corrected chi connectivity index (χ1v) is 17.0. The summed E-state index contributed by atoms with van der Waals surface area (Å²) in [5.41, 5.74) is 9.29. The Hall–Kier alpha value is -3.90. The topological polar surface area (TPSA) is 0 Å². The molecule has 6 aromatic rings. The molecule has 4 atom stereocenters. The van der Waals surface area contributed by atoms with E-state index < -0.39 is 0 Å². The maximum absolute atomic E-state index is 2.44. The van der Waals surface area contributed by atoms with E-state index in [4.69, 9.17) is 0 Å². The van der Waals surface area contributed by atoms with Gasteiger partial charge in [-0.05, 0) is 127 Å². The Morgan fingerprint density at radius 2 is 0.773 bits per heavy atom. The lowest BCUT2D eigenvalue weighted by Gasteiger charge is -2.35. The monoisotopic (exact) mass is 572 g/mol. The smallest absolute Gasteiger partial charge is 0.0109 e. The van der Waals surface area contributed by atoms with E-state index in [9.17, 15) is 0 Å². The molecule has 0 spiro atoms. The van der Waals surface area contributed by atoms with E-state index in [0.29, 0.717) is 35.5 Å². The van der Waals surface area contributed by atoms with Crippen molar-refractivity contribution in [2.75, 3.05) is 0 Å². The Balaban J connectivity index is 1.22. The van der Waals surface area contributed by atoms with Crippen LogP contribution in [0.5, 0.6) is 0 Å². The first-order chi connectivity index (χ1) is 21.5. The van der Waals surface area contributed by atoms with Gasteiger partial charge in [0.1, 0.15) is 0 Å². The van der Waals surface area contributed by atoms with Crippen LogP contribution in [0.4, 0.5) is 0 Å². The van der Waals surface area contributed by atoms with E-state index in [1.165, 1.54) is 56.3 Å². The lowest BCUT2D eigenvalue weighted by atomic mass is 9.69. The van der Waals surface area contributed by atoms with Crippen LogP contribution in [-0.4, -0.2) is 0 Å². The van der Waals surface area contributed by atoms with E-state index >= 15 is 0 Å². The number of fused-ring (bicyclic) bond motifs is 1. The molecule has 44 heavy (non-hydrogen) atoms. The fraction of sp³-hybridized carbons (Fsp3) is 0.318. The van der Waals surface area contributed by atoms with Crippen molar-refractivity contribution in [2.45, 2.75) is 77.0 Å². The molecule has 0 N–H and O–H groups in total. The second-order valence-corrected chi connectivity index (χ2v) is 14.5. The number of hydrogen-bond acceptors (Lipinski definition) is 0. The summed E-state index contributed by atoms with van der Waals surface area (Å²) >= 11 is 0. The second kappa shape index (κ2) is 10.9. The Bertz CT molecular complexity index is 1850. The van der Waals surface area contributed by atoms with Crippen molar-refractivity contribution in [1.29, 1.82) is 0 Å². The van der Waals surface area contributed by atoms with Gasteiger partial charge in [-0.15, -0.1) is 0 Å². The van der Waals surface area contributed by atoms with E-state index in [1.807, 2.05) is 0 Å². The molecule has 8 rings (SSSR count). The van der Waals surface area contributed by atoms with E-state index in [-0.39, 0.29) is 0 Å². The molecular formula is C44H44. The molecule has 0 aromatic heterocycles. The van der Waals surface area contributed by atoms with Gasteiger partial charge in [0.2, 0.25) is 0 Å². The number of rotatable bonds is 6. The van der Waals surface area contributed by atoms with Crippen molar-refractivity contribution in [2.24, 2.45) is 11.8 Å². The van der Waals surface area contributed by atoms with Gasteiger partial charge in [-0.3, -0.25) is 0 Å². The molecule has 0 heteroatoms. The zero-order valence-electron chi connectivity index (χ0n) is 26.7. The molecule has 6 aromatic carbocycles. The lowest BCUT2D eigenvalue weighted by molar-refractivity contribution is 0.419. The minimum absolute atomic E-state index is 0.528. The standard InChI is InChI=1S/C44H44/c1-27(2)40-25-34(36-19-7-13-30-15-9-21-38(40)43(30)36)23-32-17-5-11-29-12-6-18-33(42(29)32)24-35-26-41(28(3)4)39-22-10-16-31-14-8-20-37(35)44(31)39/h5-22,27-28,34-35,40-41H,23-26H2,1-4H3. The van der Waals surface area contributed by atoms with Crippen molar-refractivity contribution in [3.05, 3.63) is 143 Å². The molecule has 0 nitrogen and oxygen atoms in total. The van der Waals surface area contributed by atoms with Gasteiger partial charge in [-0.2, -0.15) is 0 Å². The highest BCUT2D eigenvalue weighted by Crippen LogP contribution is 2.49. The summed E-state index contributed by atoms with van der Waals surface area (Å²) in [5, 5.41) is 8.76. The van der Waals surface area contributed by atoms with Gasteiger partial charge in [-0.1, -0.05) is 137 Å². The van der Waals surface area contributed by atoms with Crippen molar-refractivity contribution < 1.29 is 0 Å². The minimum Gasteiger partial charge on any atom is -0.0622 e. The van der Waals surface area contributed by atoms with E-state index in [0.717, 1.165) is 12.8 Å². The van der Waals surface area contributed by atoms with Crippen LogP contribution in [0.2, 0.25) is 0 Å². The van der Waals surface area contributed by atoms with Gasteiger partial charge in [0.15, 0.2) is 0 Å². The first kappa shape index (κ1) is 27.6. The highest BCUT2D eigenvalue weighted by Gasteiger charge is 2.33. The van der Waals surface area contributed by atoms with Crippen LogP contribution in [0.3, 0.4) is 0 Å². The number of hydrogen-bond donors (Lipinski definition) is 0. The van der Waals surface area contributed by atoms with Crippen LogP contribution in [-0.2, 0) is 12.8 Å². The molecular weight excluding hydrogens is 528 g/mol. The van der Waals surface area contributed by atoms with Gasteiger partial charge >= 0.3 is 0 Å². The summed E-state index contributed by atoms with van der Waals surface area (Å²) < 4.78 is 0. The zero-order chi connectivity index (χ0) is 29.9. The van der Waals surface area contributed by atoms with Gasteiger partial charge < -0.3 is 0 Å². The molecule has 220 valence electrons. The first-order valence-electron chi connectivity index (χ1n) is 17.0. The molecule has 0 bridgehead atoms. The third-order valence-corrected chi connectivity index (χ3v) is 11.3. The van der Waals surface area contributed by atoms with Crippen LogP contribution >= 0.6 is 0 Å². The van der Waals surface area contributed by atoms with Crippen LogP contribution in [0.1, 0.15) is 97.6 Å². The molecule has 0 fully saturated rings. The molecule has 0 aliphatic heterocycles. The largest absolute Gasteiger partial charge is 0.0622 e. The summed E-state index contributed by atoms with van der Waals surface area (Å²) in [6.45, 7) is 9.66. The van der Waals surface area contributed by atoms with Gasteiger partial charge in [-0.25, -0.2) is 0 Å². The maximum Gasteiger partial charge on any atom is -0.0109 e. The summed E-state index contributed by atoms with van der Waals surface area (Å²) in [5.74, 6) is 3.52. The van der Waals surface area contributed by atoms with Gasteiger partial charge in [0.05, 0.1) is 0 Å². The normalized spacial score (nSPS) is 21.1. The highest BCUT2D eigenvalue weighted by atomic mass is 14.4. The third kappa shape index (κ3) is 4.49. The van der Waals surface area contributed by atoms with Crippen molar-refractivity contribution in [3.8, 4) is 0 Å². The summed E-state index contributed by atoms with van der Waals surface area (Å²) in [6.07, 6.45) is 4.65. The average molecular weight is 573 g/mol. The Morgan fingerprint density at radius 3 is 1.16 bits per heavy atom. The van der Waals surface area contributed by atoms with E-state index in [1.54, 1.807) is 22.3 Å². The fourth-order valence-electron chi connectivity index (χ4n) is 9.24. The molecule has 2 aliphatic carbocycles.